The van der Waals surface area contributed by atoms with E-state index in [0.29, 0.717) is 43.9 Å². The van der Waals surface area contributed by atoms with E-state index < -0.39 is 0 Å². The van der Waals surface area contributed by atoms with E-state index in [1.807, 2.05) is 6.92 Å². The third-order valence-corrected chi connectivity index (χ3v) is 4.85. The highest BCUT2D eigenvalue weighted by atomic mass is 19.1. The van der Waals surface area contributed by atoms with Crippen LogP contribution in [0.25, 0.3) is 10.9 Å². The number of aromatic nitrogens is 1. The molecule has 0 radical (unpaired) electrons. The smallest absolute Gasteiger partial charge is 0.124 e. The van der Waals surface area contributed by atoms with Crippen LogP contribution < -0.4 is 4.90 Å². The number of hydrogen-bond donors (Lipinski definition) is 0. The molecule has 1 aromatic carbocycles. The molecule has 0 amide bonds. The summed E-state index contributed by atoms with van der Waals surface area (Å²) in [5.74, 6) is -0.315. The van der Waals surface area contributed by atoms with Crippen molar-refractivity contribution < 1.29 is 13.9 Å². The van der Waals surface area contributed by atoms with Gasteiger partial charge in [0.1, 0.15) is 17.5 Å². The first-order chi connectivity index (χ1) is 11.6. The Morgan fingerprint density at radius 1 is 1.38 bits per heavy atom. The number of ether oxygens (including phenoxy) is 2. The number of pyridine rings is 1. The molecule has 1 atom stereocenters. The summed E-state index contributed by atoms with van der Waals surface area (Å²) in [7, 11) is 0. The zero-order chi connectivity index (χ0) is 16.7. The number of aryl methyl sites for hydroxylation is 1. The van der Waals surface area contributed by atoms with E-state index in [-0.39, 0.29) is 11.4 Å². The molecule has 2 saturated heterocycles. The molecular weight excluding hydrogens is 309 g/mol. The fraction of sp³-hybridized carbons (Fsp3) is 0.444. The Kier molecular flexibility index (Phi) is 3.63. The van der Waals surface area contributed by atoms with Crippen LogP contribution in [0.3, 0.4) is 0 Å². The molecule has 2 aromatic rings. The van der Waals surface area contributed by atoms with Gasteiger partial charge in [-0.05, 0) is 24.6 Å². The molecule has 124 valence electrons. The highest BCUT2D eigenvalue weighted by Gasteiger charge is 2.41. The van der Waals surface area contributed by atoms with Crippen molar-refractivity contribution in [2.75, 3.05) is 37.8 Å². The van der Waals surface area contributed by atoms with Gasteiger partial charge in [0.2, 0.25) is 0 Å². The van der Waals surface area contributed by atoms with Crippen molar-refractivity contribution in [3.63, 3.8) is 0 Å². The van der Waals surface area contributed by atoms with Crippen LogP contribution in [0, 0.1) is 24.1 Å². The quantitative estimate of drug-likeness (QED) is 0.806. The fourth-order valence-corrected chi connectivity index (χ4v) is 3.71. The van der Waals surface area contributed by atoms with Crippen LogP contribution in [0.4, 0.5) is 10.1 Å². The maximum atomic E-state index is 14.0. The average molecular weight is 327 g/mol. The Morgan fingerprint density at radius 3 is 3.00 bits per heavy atom. The van der Waals surface area contributed by atoms with E-state index in [9.17, 15) is 9.65 Å². The summed E-state index contributed by atoms with van der Waals surface area (Å²) >= 11 is 0. The Bertz CT molecular complexity index is 840. The lowest BCUT2D eigenvalue weighted by Gasteiger charge is -2.41. The lowest BCUT2D eigenvalue weighted by atomic mass is 9.98. The van der Waals surface area contributed by atoms with Crippen LogP contribution in [0.2, 0.25) is 0 Å². The second-order valence-electron chi connectivity index (χ2n) is 6.51. The molecule has 0 bridgehead atoms. The predicted molar refractivity (Wildman–Crippen MR) is 87.5 cm³/mol. The first kappa shape index (κ1) is 15.3. The Hall–Kier alpha value is -2.23. The minimum Gasteiger partial charge on any atom is -0.378 e. The third kappa shape index (κ3) is 2.41. The van der Waals surface area contributed by atoms with E-state index in [1.165, 1.54) is 12.1 Å². The van der Waals surface area contributed by atoms with Crippen LogP contribution in [0.5, 0.6) is 0 Å². The van der Waals surface area contributed by atoms with Crippen molar-refractivity contribution in [2.45, 2.75) is 18.9 Å². The zero-order valence-electron chi connectivity index (χ0n) is 13.5. The maximum absolute atomic E-state index is 14.0. The number of fused-ring (bicyclic) bond motifs is 1. The van der Waals surface area contributed by atoms with Crippen molar-refractivity contribution in [3.8, 4) is 6.07 Å². The normalized spacial score (nSPS) is 23.8. The van der Waals surface area contributed by atoms with Gasteiger partial charge in [0.05, 0.1) is 30.0 Å². The summed E-state index contributed by atoms with van der Waals surface area (Å²) in [4.78, 5) is 6.49. The number of anilines is 1. The maximum Gasteiger partial charge on any atom is 0.124 e. The van der Waals surface area contributed by atoms with Gasteiger partial charge in [-0.25, -0.2) is 4.39 Å². The van der Waals surface area contributed by atoms with Gasteiger partial charge in [-0.1, -0.05) is 0 Å². The van der Waals surface area contributed by atoms with Crippen LogP contribution >= 0.6 is 0 Å². The summed E-state index contributed by atoms with van der Waals surface area (Å²) in [6.07, 6.45) is 2.41. The molecule has 6 heteroatoms. The van der Waals surface area contributed by atoms with Gasteiger partial charge in [0.25, 0.3) is 0 Å². The molecular formula is C18H18FN3O2. The lowest BCUT2D eigenvalue weighted by molar-refractivity contribution is -0.0578. The topological polar surface area (TPSA) is 58.4 Å². The minimum atomic E-state index is -0.330. The number of nitriles is 1. The van der Waals surface area contributed by atoms with Crippen molar-refractivity contribution in [1.29, 1.82) is 5.26 Å². The number of halogens is 1. The minimum absolute atomic E-state index is 0.315. The van der Waals surface area contributed by atoms with Gasteiger partial charge in [-0.2, -0.15) is 5.26 Å². The molecule has 2 fully saturated rings. The molecule has 24 heavy (non-hydrogen) atoms. The number of morpholine rings is 1. The number of hydrogen-bond acceptors (Lipinski definition) is 5. The molecule has 0 aliphatic carbocycles. The van der Waals surface area contributed by atoms with Gasteiger partial charge < -0.3 is 14.4 Å². The summed E-state index contributed by atoms with van der Waals surface area (Å²) < 4.78 is 25.5. The first-order valence-corrected chi connectivity index (χ1v) is 8.07. The van der Waals surface area contributed by atoms with E-state index in [1.54, 1.807) is 6.20 Å². The number of nitrogens with zero attached hydrogens (tertiary/aromatic N) is 3. The standard InChI is InChI=1S/C18H18FN3O2/c1-12-6-14(19)7-15-16(12)21-9-13(8-20)17(15)22-3-5-24-18(10-22)2-4-23-11-18/h6-7,9H,2-5,10-11H2,1H3. The molecule has 1 unspecified atom stereocenters. The summed E-state index contributed by atoms with van der Waals surface area (Å²) in [5, 5.41) is 10.2. The third-order valence-electron chi connectivity index (χ3n) is 4.85. The SMILES string of the molecule is Cc1cc(F)cc2c(N3CCOC4(CCOC4)C3)c(C#N)cnc12. The highest BCUT2D eigenvalue weighted by Crippen LogP contribution is 2.36. The zero-order valence-corrected chi connectivity index (χ0v) is 13.5. The highest BCUT2D eigenvalue weighted by molar-refractivity contribution is 5.96. The first-order valence-electron chi connectivity index (χ1n) is 8.07. The lowest BCUT2D eigenvalue weighted by Crippen LogP contribution is -2.52. The fourth-order valence-electron chi connectivity index (χ4n) is 3.71. The largest absolute Gasteiger partial charge is 0.378 e. The molecule has 2 aliphatic rings. The molecule has 1 spiro atoms. The molecule has 3 heterocycles. The second-order valence-corrected chi connectivity index (χ2v) is 6.51. The van der Waals surface area contributed by atoms with Crippen LogP contribution in [-0.2, 0) is 9.47 Å². The molecule has 4 rings (SSSR count). The molecule has 0 N–H and O–H groups in total. The van der Waals surface area contributed by atoms with E-state index >= 15 is 0 Å². The Balaban J connectivity index is 1.87. The van der Waals surface area contributed by atoms with Crippen LogP contribution in [-0.4, -0.2) is 43.5 Å². The van der Waals surface area contributed by atoms with Gasteiger partial charge in [0, 0.05) is 37.7 Å². The van der Waals surface area contributed by atoms with Crippen molar-refractivity contribution in [3.05, 3.63) is 35.3 Å². The summed E-state index contributed by atoms with van der Waals surface area (Å²) in [6, 6.07) is 5.14. The number of benzene rings is 1. The van der Waals surface area contributed by atoms with Crippen LogP contribution in [0.15, 0.2) is 18.3 Å². The van der Waals surface area contributed by atoms with E-state index in [2.05, 4.69) is 16.0 Å². The number of rotatable bonds is 1. The van der Waals surface area contributed by atoms with E-state index in [4.69, 9.17) is 9.47 Å². The monoisotopic (exact) mass is 327 g/mol. The average Bonchev–Trinajstić information content (AvgIpc) is 3.01. The second kappa shape index (κ2) is 5.69. The van der Waals surface area contributed by atoms with Gasteiger partial charge >= 0.3 is 0 Å². The van der Waals surface area contributed by atoms with Gasteiger partial charge in [0.15, 0.2) is 0 Å². The Morgan fingerprint density at radius 2 is 2.25 bits per heavy atom. The predicted octanol–water partition coefficient (Wildman–Crippen LogP) is 2.55. The molecule has 1 aromatic heterocycles. The van der Waals surface area contributed by atoms with Crippen LogP contribution in [0.1, 0.15) is 17.5 Å². The van der Waals surface area contributed by atoms with Crippen molar-refractivity contribution in [1.82, 2.24) is 4.98 Å². The molecule has 2 aliphatic heterocycles. The summed E-state index contributed by atoms with van der Waals surface area (Å²) in [6.45, 7) is 4.93. The Labute approximate surface area is 139 Å². The summed E-state index contributed by atoms with van der Waals surface area (Å²) in [5.41, 5.74) is 2.38. The molecule has 5 nitrogen and oxygen atoms in total. The van der Waals surface area contributed by atoms with Crippen molar-refractivity contribution in [2.24, 2.45) is 0 Å². The van der Waals surface area contributed by atoms with E-state index in [0.717, 1.165) is 23.2 Å². The molecule has 0 saturated carbocycles. The van der Waals surface area contributed by atoms with Crippen molar-refractivity contribution >= 4 is 16.6 Å². The van der Waals surface area contributed by atoms with Gasteiger partial charge in [-0.3, -0.25) is 4.98 Å². The van der Waals surface area contributed by atoms with Gasteiger partial charge in [-0.15, -0.1) is 0 Å².